The molecule has 0 bridgehead atoms. The number of hydrazone groups is 1. The molecule has 0 aromatic heterocycles. The molecule has 4 rings (SSSR count). The van der Waals surface area contributed by atoms with E-state index >= 15 is 0 Å². The molecule has 160 valence electrons. The normalized spacial score (nSPS) is 12.0. The van der Waals surface area contributed by atoms with Gasteiger partial charge in [0.25, 0.3) is 5.91 Å². The molecular formula is C27H24N2O3. The van der Waals surface area contributed by atoms with Crippen LogP contribution in [0.15, 0.2) is 102 Å². The van der Waals surface area contributed by atoms with Crippen LogP contribution in [0.5, 0.6) is 5.75 Å². The van der Waals surface area contributed by atoms with Crippen LogP contribution in [-0.2, 0) is 16.1 Å². The Bertz CT molecular complexity index is 1200. The lowest BCUT2D eigenvalue weighted by Gasteiger charge is -2.13. The number of nitrogens with zero attached hydrogens (tertiary/aromatic N) is 1. The van der Waals surface area contributed by atoms with Gasteiger partial charge in [-0.25, -0.2) is 5.43 Å². The third-order valence-electron chi connectivity index (χ3n) is 5.06. The minimum atomic E-state index is -0.709. The maximum Gasteiger partial charge on any atom is 0.273 e. The largest absolute Gasteiger partial charge is 0.489 e. The highest BCUT2D eigenvalue weighted by molar-refractivity contribution is 5.85. The Labute approximate surface area is 187 Å². The Kier molecular flexibility index (Phi) is 6.90. The van der Waals surface area contributed by atoms with Gasteiger partial charge in [0.2, 0.25) is 0 Å². The number of nitrogens with one attached hydrogen (secondary N) is 1. The number of fused-ring (bicyclic) bond motifs is 1. The molecule has 1 atom stereocenters. The van der Waals surface area contributed by atoms with Gasteiger partial charge in [-0.05, 0) is 57.8 Å². The van der Waals surface area contributed by atoms with Gasteiger partial charge >= 0.3 is 0 Å². The molecule has 4 aromatic rings. The standard InChI is InChI=1S/C27H24N2O3/c1-31-26(23-8-3-2-4-9-23)27(30)29-28-18-20-12-15-25(16-13-20)32-19-21-11-14-22-7-5-6-10-24(22)17-21/h2-18,26H,19H2,1H3,(H,29,30)/b28-18-/t26-/m0/s1. The summed E-state index contributed by atoms with van der Waals surface area (Å²) in [5.74, 6) is 0.438. The number of hydrogen-bond acceptors (Lipinski definition) is 4. The molecule has 0 saturated carbocycles. The first-order chi connectivity index (χ1) is 15.7. The van der Waals surface area contributed by atoms with Gasteiger partial charge in [-0.15, -0.1) is 0 Å². The van der Waals surface area contributed by atoms with Gasteiger partial charge in [0, 0.05) is 7.11 Å². The van der Waals surface area contributed by atoms with Crippen LogP contribution in [0.4, 0.5) is 0 Å². The van der Waals surface area contributed by atoms with Crippen molar-refractivity contribution in [1.29, 1.82) is 0 Å². The Morgan fingerprint density at radius 1 is 0.906 bits per heavy atom. The molecular weight excluding hydrogens is 400 g/mol. The van der Waals surface area contributed by atoms with E-state index in [1.165, 1.54) is 17.9 Å². The van der Waals surface area contributed by atoms with E-state index < -0.39 is 6.10 Å². The first-order valence-corrected chi connectivity index (χ1v) is 10.3. The fourth-order valence-corrected chi connectivity index (χ4v) is 3.40. The molecule has 0 aliphatic rings. The molecule has 0 spiro atoms. The van der Waals surface area contributed by atoms with Gasteiger partial charge in [-0.3, -0.25) is 4.79 Å². The van der Waals surface area contributed by atoms with Crippen molar-refractivity contribution in [3.8, 4) is 5.75 Å². The third kappa shape index (κ3) is 5.39. The van der Waals surface area contributed by atoms with E-state index in [1.807, 2.05) is 66.7 Å². The summed E-state index contributed by atoms with van der Waals surface area (Å²) in [5, 5.41) is 6.46. The fourth-order valence-electron chi connectivity index (χ4n) is 3.40. The van der Waals surface area contributed by atoms with Gasteiger partial charge in [-0.1, -0.05) is 66.7 Å². The van der Waals surface area contributed by atoms with Crippen molar-refractivity contribution in [3.63, 3.8) is 0 Å². The van der Waals surface area contributed by atoms with E-state index in [4.69, 9.17) is 9.47 Å². The summed E-state index contributed by atoms with van der Waals surface area (Å²) in [4.78, 5) is 12.4. The molecule has 1 amide bonds. The lowest BCUT2D eigenvalue weighted by atomic mass is 10.1. The molecule has 0 unspecified atom stereocenters. The summed E-state index contributed by atoms with van der Waals surface area (Å²) >= 11 is 0. The number of carbonyl (C=O) groups excluding carboxylic acids is 1. The van der Waals surface area contributed by atoms with Crippen LogP contribution in [0, 0.1) is 0 Å². The van der Waals surface area contributed by atoms with Crippen molar-refractivity contribution in [2.75, 3.05) is 7.11 Å². The maximum absolute atomic E-state index is 12.4. The lowest BCUT2D eigenvalue weighted by molar-refractivity contribution is -0.131. The minimum Gasteiger partial charge on any atom is -0.489 e. The van der Waals surface area contributed by atoms with E-state index in [9.17, 15) is 4.79 Å². The smallest absolute Gasteiger partial charge is 0.273 e. The fraction of sp³-hybridized carbons (Fsp3) is 0.111. The second-order valence-corrected chi connectivity index (χ2v) is 7.30. The van der Waals surface area contributed by atoms with Gasteiger partial charge in [0.05, 0.1) is 6.21 Å². The van der Waals surface area contributed by atoms with Crippen molar-refractivity contribution in [1.82, 2.24) is 5.43 Å². The Balaban J connectivity index is 1.31. The summed E-state index contributed by atoms with van der Waals surface area (Å²) in [6.45, 7) is 0.492. The van der Waals surface area contributed by atoms with Crippen molar-refractivity contribution in [3.05, 3.63) is 114 Å². The van der Waals surface area contributed by atoms with Crippen LogP contribution in [0.25, 0.3) is 10.8 Å². The molecule has 5 nitrogen and oxygen atoms in total. The summed E-state index contributed by atoms with van der Waals surface area (Å²) in [6, 6.07) is 31.4. The van der Waals surface area contributed by atoms with E-state index in [1.54, 1.807) is 6.21 Å². The predicted molar refractivity (Wildman–Crippen MR) is 127 cm³/mol. The molecule has 0 fully saturated rings. The van der Waals surface area contributed by atoms with Gasteiger partial charge < -0.3 is 9.47 Å². The molecule has 0 aliphatic carbocycles. The average molecular weight is 425 g/mol. The van der Waals surface area contributed by atoms with Gasteiger partial charge in [0.1, 0.15) is 12.4 Å². The molecule has 0 aliphatic heterocycles. The highest BCUT2D eigenvalue weighted by atomic mass is 16.5. The topological polar surface area (TPSA) is 59.9 Å². The molecule has 1 N–H and O–H groups in total. The van der Waals surface area contributed by atoms with E-state index in [-0.39, 0.29) is 5.91 Å². The predicted octanol–water partition coefficient (Wildman–Crippen LogP) is 5.26. The summed E-state index contributed by atoms with van der Waals surface area (Å²) in [5.41, 5.74) is 5.26. The first-order valence-electron chi connectivity index (χ1n) is 10.3. The summed E-state index contributed by atoms with van der Waals surface area (Å²) in [7, 11) is 1.50. The minimum absolute atomic E-state index is 0.328. The Morgan fingerprint density at radius 3 is 2.38 bits per heavy atom. The van der Waals surface area contributed by atoms with Crippen LogP contribution >= 0.6 is 0 Å². The number of benzene rings is 4. The van der Waals surface area contributed by atoms with Crippen molar-refractivity contribution < 1.29 is 14.3 Å². The average Bonchev–Trinajstić information content (AvgIpc) is 2.84. The highest BCUT2D eigenvalue weighted by Crippen LogP contribution is 2.19. The molecule has 0 heterocycles. The zero-order chi connectivity index (χ0) is 22.2. The van der Waals surface area contributed by atoms with Crippen LogP contribution in [0.1, 0.15) is 22.8 Å². The Morgan fingerprint density at radius 2 is 1.62 bits per heavy atom. The maximum atomic E-state index is 12.4. The molecule has 5 heteroatoms. The van der Waals surface area contributed by atoms with Crippen molar-refractivity contribution in [2.24, 2.45) is 5.10 Å². The van der Waals surface area contributed by atoms with Gasteiger partial charge in [-0.2, -0.15) is 5.10 Å². The number of rotatable bonds is 8. The number of ether oxygens (including phenoxy) is 2. The zero-order valence-corrected chi connectivity index (χ0v) is 17.8. The molecule has 32 heavy (non-hydrogen) atoms. The van der Waals surface area contributed by atoms with Crippen LogP contribution in [0.2, 0.25) is 0 Å². The Hall–Kier alpha value is -3.96. The quantitative estimate of drug-likeness (QED) is 0.310. The van der Waals surface area contributed by atoms with E-state index in [0.717, 1.165) is 22.4 Å². The molecule has 4 aromatic carbocycles. The lowest BCUT2D eigenvalue weighted by Crippen LogP contribution is -2.26. The molecule has 0 saturated heterocycles. The summed E-state index contributed by atoms with van der Waals surface area (Å²) < 4.78 is 11.2. The van der Waals surface area contributed by atoms with Crippen LogP contribution < -0.4 is 10.2 Å². The van der Waals surface area contributed by atoms with Crippen LogP contribution in [-0.4, -0.2) is 19.2 Å². The van der Waals surface area contributed by atoms with Crippen molar-refractivity contribution >= 4 is 22.9 Å². The second kappa shape index (κ2) is 10.4. The van der Waals surface area contributed by atoms with Crippen LogP contribution in [0.3, 0.4) is 0 Å². The molecule has 0 radical (unpaired) electrons. The first kappa shape index (κ1) is 21.3. The number of hydrogen-bond donors (Lipinski definition) is 1. The third-order valence-corrected chi connectivity index (χ3v) is 5.06. The van der Waals surface area contributed by atoms with E-state index in [0.29, 0.717) is 6.61 Å². The number of methoxy groups -OCH3 is 1. The summed E-state index contributed by atoms with van der Waals surface area (Å²) in [6.07, 6.45) is 0.877. The number of amides is 1. The highest BCUT2D eigenvalue weighted by Gasteiger charge is 2.19. The SMILES string of the molecule is CO[C@H](C(=O)N/N=C\c1ccc(OCc2ccc3ccccc3c2)cc1)c1ccccc1. The zero-order valence-electron chi connectivity index (χ0n) is 17.8. The van der Waals surface area contributed by atoms with Gasteiger partial charge in [0.15, 0.2) is 6.10 Å². The van der Waals surface area contributed by atoms with Crippen molar-refractivity contribution in [2.45, 2.75) is 12.7 Å². The monoisotopic (exact) mass is 424 g/mol. The second-order valence-electron chi connectivity index (χ2n) is 7.30. The number of carbonyl (C=O) groups is 1. The van der Waals surface area contributed by atoms with E-state index in [2.05, 4.69) is 40.9 Å².